The monoisotopic (exact) mass is 426 g/mol. The number of pyridine rings is 1. The van der Waals surface area contributed by atoms with E-state index in [1.807, 2.05) is 36.4 Å². The first-order chi connectivity index (χ1) is 15.6. The van der Waals surface area contributed by atoms with Crippen LogP contribution in [0, 0.1) is 5.82 Å². The number of nitrogens with one attached hydrogen (secondary N) is 1. The summed E-state index contributed by atoms with van der Waals surface area (Å²) in [6.07, 6.45) is 6.46. The summed E-state index contributed by atoms with van der Waals surface area (Å²) in [6, 6.07) is 16.6. The van der Waals surface area contributed by atoms with E-state index >= 15 is 4.39 Å². The van der Waals surface area contributed by atoms with Gasteiger partial charge in [-0.15, -0.1) is 0 Å². The van der Waals surface area contributed by atoms with Crippen molar-refractivity contribution in [2.45, 2.75) is 43.9 Å². The summed E-state index contributed by atoms with van der Waals surface area (Å²) >= 11 is 0. The fourth-order valence-electron chi connectivity index (χ4n) is 4.23. The first-order valence-corrected chi connectivity index (χ1v) is 11.2. The number of halogens is 1. The zero-order valence-corrected chi connectivity index (χ0v) is 17.6. The highest BCUT2D eigenvalue weighted by atomic mass is 19.1. The normalized spacial score (nSPS) is 15.8. The third-order valence-corrected chi connectivity index (χ3v) is 6.24. The predicted molar refractivity (Wildman–Crippen MR) is 122 cm³/mol. The molecule has 4 aromatic rings. The van der Waals surface area contributed by atoms with Crippen molar-refractivity contribution in [2.75, 3.05) is 5.32 Å². The number of benzene rings is 2. The van der Waals surface area contributed by atoms with Crippen molar-refractivity contribution >= 4 is 22.5 Å². The van der Waals surface area contributed by atoms with Gasteiger partial charge in [0, 0.05) is 34.8 Å². The lowest BCUT2D eigenvalue weighted by molar-refractivity contribution is -0.115. The zero-order chi connectivity index (χ0) is 21.7. The second-order valence-electron chi connectivity index (χ2n) is 8.88. The van der Waals surface area contributed by atoms with Gasteiger partial charge in [0.2, 0.25) is 5.91 Å². The summed E-state index contributed by atoms with van der Waals surface area (Å²) < 4.78 is 16.9. The molecule has 0 spiro atoms. The van der Waals surface area contributed by atoms with Gasteiger partial charge in [-0.05, 0) is 73.7 Å². The minimum atomic E-state index is -0.348. The minimum Gasteiger partial charge on any atom is -0.326 e. The molecule has 6 heteroatoms. The van der Waals surface area contributed by atoms with Crippen LogP contribution in [0.5, 0.6) is 0 Å². The molecule has 0 atom stereocenters. The number of carbonyl (C=O) groups is 1. The highest BCUT2D eigenvalue weighted by Gasteiger charge is 2.33. The molecule has 0 bridgehead atoms. The van der Waals surface area contributed by atoms with Crippen LogP contribution in [0.1, 0.15) is 54.5 Å². The number of fused-ring (bicyclic) bond motifs is 1. The van der Waals surface area contributed by atoms with E-state index in [0.717, 1.165) is 35.1 Å². The summed E-state index contributed by atoms with van der Waals surface area (Å²) in [5, 5.41) is 8.58. The Bertz CT molecular complexity index is 1340. The number of anilines is 1. The topological polar surface area (TPSA) is 59.8 Å². The molecule has 2 heterocycles. The number of nitrogens with zero attached hydrogens (tertiary/aromatic N) is 3. The fraction of sp³-hybridized carbons (Fsp3) is 0.269. The molecule has 0 saturated heterocycles. The van der Waals surface area contributed by atoms with Gasteiger partial charge >= 0.3 is 0 Å². The molecule has 2 aromatic heterocycles. The van der Waals surface area contributed by atoms with Gasteiger partial charge in [-0.1, -0.05) is 12.1 Å². The Morgan fingerprint density at radius 2 is 1.88 bits per heavy atom. The molecular weight excluding hydrogens is 403 g/mol. The van der Waals surface area contributed by atoms with E-state index in [9.17, 15) is 4.79 Å². The van der Waals surface area contributed by atoms with Crippen molar-refractivity contribution < 1.29 is 9.18 Å². The second-order valence-corrected chi connectivity index (χ2v) is 8.88. The number of hydrogen-bond acceptors (Lipinski definition) is 3. The lowest BCUT2D eigenvalue weighted by Crippen LogP contribution is -2.15. The Morgan fingerprint density at radius 1 is 1.03 bits per heavy atom. The van der Waals surface area contributed by atoms with Gasteiger partial charge in [0.05, 0.1) is 17.6 Å². The minimum absolute atomic E-state index is 0.101. The van der Waals surface area contributed by atoms with E-state index < -0.39 is 0 Å². The Kier molecular flexibility index (Phi) is 4.52. The smallest absolute Gasteiger partial charge is 0.228 e. The van der Waals surface area contributed by atoms with Crippen molar-refractivity contribution in [3.8, 4) is 5.69 Å². The molecule has 0 radical (unpaired) electrons. The molecule has 1 amide bonds. The second kappa shape index (κ2) is 7.55. The fourth-order valence-corrected chi connectivity index (χ4v) is 4.23. The van der Waals surface area contributed by atoms with Crippen molar-refractivity contribution in [3.05, 3.63) is 83.6 Å². The van der Waals surface area contributed by atoms with E-state index in [2.05, 4.69) is 16.4 Å². The van der Waals surface area contributed by atoms with E-state index in [-0.39, 0.29) is 18.1 Å². The number of rotatable bonds is 6. The Labute approximate surface area is 185 Å². The highest BCUT2D eigenvalue weighted by molar-refractivity contribution is 5.94. The molecule has 32 heavy (non-hydrogen) atoms. The molecule has 5 nitrogen and oxygen atoms in total. The van der Waals surface area contributed by atoms with Crippen LogP contribution in [0.2, 0.25) is 0 Å². The van der Waals surface area contributed by atoms with Gasteiger partial charge in [0.1, 0.15) is 11.5 Å². The van der Waals surface area contributed by atoms with Crippen LogP contribution < -0.4 is 5.32 Å². The Hall–Kier alpha value is -3.54. The first-order valence-electron chi connectivity index (χ1n) is 11.2. The molecule has 2 fully saturated rings. The van der Waals surface area contributed by atoms with Gasteiger partial charge in [-0.2, -0.15) is 5.10 Å². The summed E-state index contributed by atoms with van der Waals surface area (Å²) in [6.45, 7) is 0. The molecular formula is C26H23FN4O. The molecule has 2 aromatic carbocycles. The van der Waals surface area contributed by atoms with Crippen molar-refractivity contribution in [1.82, 2.24) is 14.8 Å². The third-order valence-electron chi connectivity index (χ3n) is 6.24. The van der Waals surface area contributed by atoms with Crippen LogP contribution in [0.4, 0.5) is 10.1 Å². The van der Waals surface area contributed by atoms with Crippen LogP contribution >= 0.6 is 0 Å². The number of amides is 1. The van der Waals surface area contributed by atoms with E-state index in [1.165, 1.54) is 18.9 Å². The maximum Gasteiger partial charge on any atom is 0.228 e. The van der Waals surface area contributed by atoms with Crippen LogP contribution in [-0.2, 0) is 11.2 Å². The average molecular weight is 426 g/mol. The highest BCUT2D eigenvalue weighted by Crippen LogP contribution is 2.45. The van der Waals surface area contributed by atoms with Crippen LogP contribution in [-0.4, -0.2) is 20.7 Å². The predicted octanol–water partition coefficient (Wildman–Crippen LogP) is 5.50. The van der Waals surface area contributed by atoms with Crippen molar-refractivity contribution in [2.24, 2.45) is 0 Å². The summed E-state index contributed by atoms with van der Waals surface area (Å²) in [4.78, 5) is 16.8. The van der Waals surface area contributed by atoms with Gasteiger partial charge < -0.3 is 5.32 Å². The summed E-state index contributed by atoms with van der Waals surface area (Å²) in [5.74, 6) is 0.483. The maximum absolute atomic E-state index is 15.1. The lowest BCUT2D eigenvalue weighted by Gasteiger charge is -2.10. The van der Waals surface area contributed by atoms with E-state index in [1.54, 1.807) is 16.9 Å². The molecule has 2 aliphatic rings. The molecule has 0 unspecified atom stereocenters. The quantitative estimate of drug-likeness (QED) is 0.443. The Morgan fingerprint density at radius 3 is 2.66 bits per heavy atom. The zero-order valence-electron chi connectivity index (χ0n) is 17.6. The molecule has 6 rings (SSSR count). The van der Waals surface area contributed by atoms with Gasteiger partial charge in [-0.3, -0.25) is 9.78 Å². The van der Waals surface area contributed by atoms with Crippen molar-refractivity contribution in [1.29, 1.82) is 0 Å². The van der Waals surface area contributed by atoms with Crippen molar-refractivity contribution in [3.63, 3.8) is 0 Å². The number of carbonyl (C=O) groups excluding carboxylic acids is 1. The van der Waals surface area contributed by atoms with Crippen LogP contribution in [0.3, 0.4) is 0 Å². The standard InChI is InChI=1S/C26H23FN4O/c27-21-12-16(13-26(32)29-20-8-9-22-19(14-20)2-1-11-28-22)3-10-24(21)31-25(18-6-7-18)15-23(30-31)17-4-5-17/h1-3,8-12,14-15,17-18H,4-7,13H2,(H,29,32). The van der Waals surface area contributed by atoms with E-state index in [0.29, 0.717) is 28.8 Å². The summed E-state index contributed by atoms with van der Waals surface area (Å²) in [5.41, 5.74) is 4.86. The Balaban J connectivity index is 1.20. The molecule has 2 aliphatic carbocycles. The van der Waals surface area contributed by atoms with E-state index in [4.69, 9.17) is 5.10 Å². The lowest BCUT2D eigenvalue weighted by atomic mass is 10.1. The van der Waals surface area contributed by atoms with Crippen LogP contribution in [0.15, 0.2) is 60.8 Å². The largest absolute Gasteiger partial charge is 0.326 e. The SMILES string of the molecule is O=C(Cc1ccc(-n2nc(C3CC3)cc2C2CC2)c(F)c1)Nc1ccc2ncccc2c1. The molecule has 1 N–H and O–H groups in total. The number of aromatic nitrogens is 3. The molecule has 0 aliphatic heterocycles. The van der Waals surface area contributed by atoms with Crippen LogP contribution in [0.25, 0.3) is 16.6 Å². The summed E-state index contributed by atoms with van der Waals surface area (Å²) in [7, 11) is 0. The molecule has 2 saturated carbocycles. The third kappa shape index (κ3) is 3.77. The number of hydrogen-bond donors (Lipinski definition) is 1. The van der Waals surface area contributed by atoms with Gasteiger partial charge in [0.15, 0.2) is 0 Å². The molecule has 160 valence electrons. The maximum atomic E-state index is 15.1. The first kappa shape index (κ1) is 19.2. The van der Waals surface area contributed by atoms with Gasteiger partial charge in [-0.25, -0.2) is 9.07 Å². The average Bonchev–Trinajstić information content (AvgIpc) is 3.72. The van der Waals surface area contributed by atoms with Gasteiger partial charge in [0.25, 0.3) is 0 Å².